The smallest absolute Gasteiger partial charge is 0.00817 e. The van der Waals surface area contributed by atoms with Gasteiger partial charge in [0, 0.05) is 12.1 Å². The van der Waals surface area contributed by atoms with Crippen molar-refractivity contribution < 1.29 is 0 Å². The largest absolute Gasteiger partial charge is 0.311 e. The molecule has 2 atom stereocenters. The fraction of sp³-hybridized carbons (Fsp3) is 0.647. The van der Waals surface area contributed by atoms with E-state index in [1.165, 1.54) is 31.2 Å². The second kappa shape index (κ2) is 5.88. The van der Waals surface area contributed by atoms with Gasteiger partial charge in [0.1, 0.15) is 0 Å². The minimum absolute atomic E-state index is 0.530. The molecular formula is C17H27N. The maximum atomic E-state index is 3.82. The molecule has 1 aliphatic rings. The molecule has 0 bridgehead atoms. The van der Waals surface area contributed by atoms with Crippen LogP contribution in [0.5, 0.6) is 0 Å². The van der Waals surface area contributed by atoms with Crippen molar-refractivity contribution in [2.24, 2.45) is 5.41 Å². The van der Waals surface area contributed by atoms with Crippen LogP contribution in [0.3, 0.4) is 0 Å². The van der Waals surface area contributed by atoms with E-state index in [4.69, 9.17) is 0 Å². The van der Waals surface area contributed by atoms with E-state index in [9.17, 15) is 0 Å². The van der Waals surface area contributed by atoms with Gasteiger partial charge in [-0.15, -0.1) is 0 Å². The Labute approximate surface area is 112 Å². The van der Waals surface area contributed by atoms with Crippen LogP contribution >= 0.6 is 0 Å². The number of hydrogen-bond acceptors (Lipinski definition) is 1. The minimum Gasteiger partial charge on any atom is -0.311 e. The molecule has 100 valence electrons. The summed E-state index contributed by atoms with van der Waals surface area (Å²) in [5.41, 5.74) is 1.97. The van der Waals surface area contributed by atoms with Gasteiger partial charge in [0.25, 0.3) is 0 Å². The lowest BCUT2D eigenvalue weighted by molar-refractivity contribution is 0.190. The van der Waals surface area contributed by atoms with Crippen LogP contribution in [0.25, 0.3) is 0 Å². The average molecular weight is 245 g/mol. The van der Waals surface area contributed by atoms with Crippen LogP contribution in [-0.2, 0) is 6.42 Å². The summed E-state index contributed by atoms with van der Waals surface area (Å²) >= 11 is 0. The van der Waals surface area contributed by atoms with E-state index in [1.807, 2.05) is 0 Å². The van der Waals surface area contributed by atoms with Crippen LogP contribution in [-0.4, -0.2) is 12.1 Å². The van der Waals surface area contributed by atoms with Crippen molar-refractivity contribution in [2.75, 3.05) is 0 Å². The van der Waals surface area contributed by atoms with Gasteiger partial charge in [-0.2, -0.15) is 0 Å². The summed E-state index contributed by atoms with van der Waals surface area (Å²) in [6, 6.07) is 12.1. The first-order valence-electron chi connectivity index (χ1n) is 7.35. The van der Waals surface area contributed by atoms with Crippen molar-refractivity contribution in [3.63, 3.8) is 0 Å². The van der Waals surface area contributed by atoms with E-state index in [2.05, 4.69) is 56.4 Å². The molecule has 0 radical (unpaired) electrons. The molecule has 0 heterocycles. The SMILES string of the molecule is CC(Cc1ccccc1)NC1CCCC(C)(C)C1. The zero-order valence-corrected chi connectivity index (χ0v) is 12.1. The lowest BCUT2D eigenvalue weighted by atomic mass is 9.75. The van der Waals surface area contributed by atoms with Crippen molar-refractivity contribution in [1.29, 1.82) is 0 Å². The fourth-order valence-electron chi connectivity index (χ4n) is 3.27. The highest BCUT2D eigenvalue weighted by atomic mass is 14.9. The van der Waals surface area contributed by atoms with Crippen LogP contribution in [0, 0.1) is 5.41 Å². The van der Waals surface area contributed by atoms with E-state index < -0.39 is 0 Å². The Morgan fingerprint density at radius 2 is 2.00 bits per heavy atom. The number of benzene rings is 1. The predicted molar refractivity (Wildman–Crippen MR) is 78.8 cm³/mol. The van der Waals surface area contributed by atoms with Gasteiger partial charge < -0.3 is 5.32 Å². The molecular weight excluding hydrogens is 218 g/mol. The van der Waals surface area contributed by atoms with Crippen molar-refractivity contribution in [1.82, 2.24) is 5.32 Å². The number of rotatable bonds is 4. The van der Waals surface area contributed by atoms with Gasteiger partial charge in [-0.25, -0.2) is 0 Å². The molecule has 1 heteroatoms. The summed E-state index contributed by atoms with van der Waals surface area (Å²) in [5, 5.41) is 3.82. The van der Waals surface area contributed by atoms with E-state index in [0.717, 1.165) is 6.42 Å². The maximum Gasteiger partial charge on any atom is 0.00817 e. The van der Waals surface area contributed by atoms with Crippen LogP contribution < -0.4 is 5.32 Å². The summed E-state index contributed by atoms with van der Waals surface area (Å²) in [6.45, 7) is 7.13. The molecule has 1 aromatic carbocycles. The lowest BCUT2D eigenvalue weighted by Gasteiger charge is -2.37. The van der Waals surface area contributed by atoms with Gasteiger partial charge in [0.15, 0.2) is 0 Å². The molecule has 18 heavy (non-hydrogen) atoms. The molecule has 2 rings (SSSR count). The van der Waals surface area contributed by atoms with Gasteiger partial charge in [-0.05, 0) is 43.6 Å². The standard InChI is InChI=1S/C17H27N/c1-14(12-15-8-5-4-6-9-15)18-16-10-7-11-17(2,3)13-16/h4-6,8-9,14,16,18H,7,10-13H2,1-3H3. The molecule has 1 saturated carbocycles. The highest BCUT2D eigenvalue weighted by Crippen LogP contribution is 2.35. The van der Waals surface area contributed by atoms with Crippen molar-refractivity contribution in [3.05, 3.63) is 35.9 Å². The fourth-order valence-corrected chi connectivity index (χ4v) is 3.27. The predicted octanol–water partition coefficient (Wildman–Crippen LogP) is 4.18. The Hall–Kier alpha value is -0.820. The minimum atomic E-state index is 0.530. The van der Waals surface area contributed by atoms with Crippen molar-refractivity contribution in [3.8, 4) is 0 Å². The average Bonchev–Trinajstić information content (AvgIpc) is 2.28. The summed E-state index contributed by atoms with van der Waals surface area (Å²) < 4.78 is 0. The third-order valence-electron chi connectivity index (χ3n) is 4.11. The third-order valence-corrected chi connectivity index (χ3v) is 4.11. The summed E-state index contributed by atoms with van der Waals surface area (Å²) in [6.07, 6.45) is 6.58. The Balaban J connectivity index is 1.82. The molecule has 1 fully saturated rings. The van der Waals surface area contributed by atoms with Gasteiger partial charge in [0.05, 0.1) is 0 Å². The first-order chi connectivity index (χ1) is 8.55. The first-order valence-corrected chi connectivity index (χ1v) is 7.35. The molecule has 0 amide bonds. The molecule has 0 spiro atoms. The van der Waals surface area contributed by atoms with Crippen LogP contribution in [0.4, 0.5) is 0 Å². The maximum absolute atomic E-state index is 3.82. The van der Waals surface area contributed by atoms with Gasteiger partial charge in [-0.1, -0.05) is 50.6 Å². The summed E-state index contributed by atoms with van der Waals surface area (Å²) in [7, 11) is 0. The van der Waals surface area contributed by atoms with E-state index in [0.29, 0.717) is 17.5 Å². The third kappa shape index (κ3) is 4.13. The van der Waals surface area contributed by atoms with E-state index in [1.54, 1.807) is 0 Å². The molecule has 1 N–H and O–H groups in total. The lowest BCUT2D eigenvalue weighted by Crippen LogP contribution is -2.42. The molecule has 1 aliphatic carbocycles. The molecule has 0 saturated heterocycles. The Kier molecular flexibility index (Phi) is 4.45. The summed E-state index contributed by atoms with van der Waals surface area (Å²) in [5.74, 6) is 0. The monoisotopic (exact) mass is 245 g/mol. The number of nitrogens with one attached hydrogen (secondary N) is 1. The normalized spacial score (nSPS) is 24.7. The highest BCUT2D eigenvalue weighted by molar-refractivity contribution is 5.15. The highest BCUT2D eigenvalue weighted by Gasteiger charge is 2.28. The van der Waals surface area contributed by atoms with Crippen LogP contribution in [0.1, 0.15) is 52.0 Å². The number of hydrogen-bond donors (Lipinski definition) is 1. The summed E-state index contributed by atoms with van der Waals surface area (Å²) in [4.78, 5) is 0. The molecule has 2 unspecified atom stereocenters. The van der Waals surface area contributed by atoms with Gasteiger partial charge in [-0.3, -0.25) is 0 Å². The topological polar surface area (TPSA) is 12.0 Å². The van der Waals surface area contributed by atoms with E-state index in [-0.39, 0.29) is 0 Å². The quantitative estimate of drug-likeness (QED) is 0.839. The van der Waals surface area contributed by atoms with E-state index >= 15 is 0 Å². The Bertz CT molecular complexity index is 355. The first kappa shape index (κ1) is 13.6. The zero-order valence-electron chi connectivity index (χ0n) is 12.1. The second-order valence-electron chi connectivity index (χ2n) is 6.71. The van der Waals surface area contributed by atoms with Crippen LogP contribution in [0.2, 0.25) is 0 Å². The zero-order chi connectivity index (χ0) is 13.0. The molecule has 0 aliphatic heterocycles. The Morgan fingerprint density at radius 1 is 1.28 bits per heavy atom. The Morgan fingerprint density at radius 3 is 2.67 bits per heavy atom. The van der Waals surface area contributed by atoms with Crippen molar-refractivity contribution >= 4 is 0 Å². The molecule has 1 nitrogen and oxygen atoms in total. The second-order valence-corrected chi connectivity index (χ2v) is 6.71. The van der Waals surface area contributed by atoms with Crippen molar-refractivity contribution in [2.45, 2.75) is 65.0 Å². The van der Waals surface area contributed by atoms with Gasteiger partial charge >= 0.3 is 0 Å². The van der Waals surface area contributed by atoms with Crippen LogP contribution in [0.15, 0.2) is 30.3 Å². The molecule has 0 aromatic heterocycles. The molecule has 1 aromatic rings. The van der Waals surface area contributed by atoms with Gasteiger partial charge in [0.2, 0.25) is 0 Å².